The SMILES string of the molecule is CC(C)(C)c1ccc(C[C@H](NC(=O)[C@H]2CCCO2)C(N)=O)cc1. The van der Waals surface area contributed by atoms with Gasteiger partial charge in [-0.25, -0.2) is 0 Å². The number of ether oxygens (including phenoxy) is 1. The van der Waals surface area contributed by atoms with Gasteiger partial charge in [0.05, 0.1) is 0 Å². The minimum atomic E-state index is -0.716. The maximum atomic E-state index is 12.1. The van der Waals surface area contributed by atoms with Crippen molar-refractivity contribution in [3.05, 3.63) is 35.4 Å². The number of hydrogen-bond acceptors (Lipinski definition) is 3. The fraction of sp³-hybridized carbons (Fsp3) is 0.556. The molecule has 1 fully saturated rings. The summed E-state index contributed by atoms with van der Waals surface area (Å²) < 4.78 is 5.33. The lowest BCUT2D eigenvalue weighted by atomic mass is 9.86. The number of carbonyl (C=O) groups excluding carboxylic acids is 2. The quantitative estimate of drug-likeness (QED) is 0.866. The first-order valence-electron chi connectivity index (χ1n) is 8.08. The molecule has 1 aliphatic heterocycles. The molecule has 1 heterocycles. The van der Waals surface area contributed by atoms with Crippen molar-refractivity contribution in [3.8, 4) is 0 Å². The zero-order valence-corrected chi connectivity index (χ0v) is 14.1. The average molecular weight is 318 g/mol. The summed E-state index contributed by atoms with van der Waals surface area (Å²) in [5, 5.41) is 2.71. The monoisotopic (exact) mass is 318 g/mol. The molecule has 5 nitrogen and oxygen atoms in total. The van der Waals surface area contributed by atoms with Crippen LogP contribution in [-0.4, -0.2) is 30.6 Å². The Morgan fingerprint density at radius 1 is 1.30 bits per heavy atom. The smallest absolute Gasteiger partial charge is 0.249 e. The van der Waals surface area contributed by atoms with Gasteiger partial charge >= 0.3 is 0 Å². The van der Waals surface area contributed by atoms with Gasteiger partial charge in [0.1, 0.15) is 12.1 Å². The van der Waals surface area contributed by atoms with Gasteiger partial charge in [-0.15, -0.1) is 0 Å². The van der Waals surface area contributed by atoms with E-state index in [0.717, 1.165) is 12.0 Å². The maximum absolute atomic E-state index is 12.1. The second-order valence-corrected chi connectivity index (χ2v) is 7.12. The lowest BCUT2D eigenvalue weighted by Crippen LogP contribution is -2.49. The Balaban J connectivity index is 2.01. The Hall–Kier alpha value is -1.88. The van der Waals surface area contributed by atoms with Crippen LogP contribution in [-0.2, 0) is 26.2 Å². The van der Waals surface area contributed by atoms with E-state index in [9.17, 15) is 9.59 Å². The van der Waals surface area contributed by atoms with Gasteiger partial charge < -0.3 is 15.8 Å². The molecule has 3 N–H and O–H groups in total. The molecule has 5 heteroatoms. The zero-order valence-electron chi connectivity index (χ0n) is 14.1. The highest BCUT2D eigenvalue weighted by Gasteiger charge is 2.27. The van der Waals surface area contributed by atoms with E-state index in [1.165, 1.54) is 5.56 Å². The molecule has 0 bridgehead atoms. The number of hydrogen-bond donors (Lipinski definition) is 2. The van der Waals surface area contributed by atoms with Crippen LogP contribution in [0, 0.1) is 0 Å². The van der Waals surface area contributed by atoms with Gasteiger partial charge in [-0.1, -0.05) is 45.0 Å². The molecule has 1 aliphatic rings. The average Bonchev–Trinajstić information content (AvgIpc) is 3.00. The summed E-state index contributed by atoms with van der Waals surface area (Å²) in [4.78, 5) is 23.7. The Bertz CT molecular complexity index is 555. The van der Waals surface area contributed by atoms with E-state index in [2.05, 4.69) is 38.2 Å². The summed E-state index contributed by atoms with van der Waals surface area (Å²) in [5.74, 6) is -0.783. The van der Waals surface area contributed by atoms with E-state index >= 15 is 0 Å². The summed E-state index contributed by atoms with van der Waals surface area (Å²) in [7, 11) is 0. The third kappa shape index (κ3) is 4.79. The Kier molecular flexibility index (Phi) is 5.42. The molecule has 23 heavy (non-hydrogen) atoms. The summed E-state index contributed by atoms with van der Waals surface area (Å²) in [6.07, 6.45) is 1.49. The molecule has 0 aliphatic carbocycles. The van der Waals surface area contributed by atoms with Crippen LogP contribution in [0.3, 0.4) is 0 Å². The molecule has 1 aromatic rings. The molecule has 2 rings (SSSR count). The van der Waals surface area contributed by atoms with E-state index in [-0.39, 0.29) is 11.3 Å². The lowest BCUT2D eigenvalue weighted by molar-refractivity contribution is -0.133. The van der Waals surface area contributed by atoms with Crippen LogP contribution in [0.25, 0.3) is 0 Å². The molecule has 0 spiro atoms. The van der Waals surface area contributed by atoms with Crippen LogP contribution in [0.15, 0.2) is 24.3 Å². The molecular weight excluding hydrogens is 292 g/mol. The Labute approximate surface area is 137 Å². The summed E-state index contributed by atoms with van der Waals surface area (Å²) in [5.41, 5.74) is 7.70. The number of nitrogens with two attached hydrogens (primary N) is 1. The number of amides is 2. The second-order valence-electron chi connectivity index (χ2n) is 7.12. The van der Waals surface area contributed by atoms with E-state index in [1.807, 2.05) is 12.1 Å². The molecule has 0 aromatic heterocycles. The fourth-order valence-corrected chi connectivity index (χ4v) is 2.65. The molecule has 1 saturated heterocycles. The fourth-order valence-electron chi connectivity index (χ4n) is 2.65. The van der Waals surface area contributed by atoms with Crippen molar-refractivity contribution in [3.63, 3.8) is 0 Å². The first kappa shape index (κ1) is 17.5. The maximum Gasteiger partial charge on any atom is 0.249 e. The summed E-state index contributed by atoms with van der Waals surface area (Å²) in [6, 6.07) is 7.35. The minimum absolute atomic E-state index is 0.0790. The zero-order chi connectivity index (χ0) is 17.0. The van der Waals surface area contributed by atoms with Gasteiger partial charge in [-0.3, -0.25) is 9.59 Å². The highest BCUT2D eigenvalue weighted by Crippen LogP contribution is 2.22. The van der Waals surface area contributed by atoms with Crippen LogP contribution < -0.4 is 11.1 Å². The predicted octanol–water partition coefficient (Wildman–Crippen LogP) is 1.68. The predicted molar refractivity (Wildman–Crippen MR) is 88.9 cm³/mol. The van der Waals surface area contributed by atoms with Crippen molar-refractivity contribution in [2.45, 2.75) is 57.6 Å². The van der Waals surface area contributed by atoms with Crippen LogP contribution in [0.2, 0.25) is 0 Å². The summed E-state index contributed by atoms with van der Waals surface area (Å²) in [6.45, 7) is 7.04. The standard InChI is InChI=1S/C18H26N2O3/c1-18(2,3)13-8-6-12(7-9-13)11-14(16(19)21)20-17(22)15-5-4-10-23-15/h6-9,14-15H,4-5,10-11H2,1-3H3,(H2,19,21)(H,20,22)/t14-,15+/m0/s1. The third-order valence-corrected chi connectivity index (χ3v) is 4.14. The van der Waals surface area contributed by atoms with Crippen molar-refractivity contribution in [2.75, 3.05) is 6.61 Å². The van der Waals surface area contributed by atoms with Crippen molar-refractivity contribution in [2.24, 2.45) is 5.73 Å². The molecule has 1 aromatic carbocycles. The molecular formula is C18H26N2O3. The van der Waals surface area contributed by atoms with Crippen molar-refractivity contribution < 1.29 is 14.3 Å². The van der Waals surface area contributed by atoms with Crippen LogP contribution in [0.5, 0.6) is 0 Å². The van der Waals surface area contributed by atoms with Gasteiger partial charge in [0, 0.05) is 13.0 Å². The second kappa shape index (κ2) is 7.13. The number of benzene rings is 1. The molecule has 0 radical (unpaired) electrons. The first-order valence-corrected chi connectivity index (χ1v) is 8.08. The van der Waals surface area contributed by atoms with Crippen LogP contribution >= 0.6 is 0 Å². The van der Waals surface area contributed by atoms with Gasteiger partial charge in [0.25, 0.3) is 0 Å². The van der Waals surface area contributed by atoms with E-state index in [0.29, 0.717) is 19.4 Å². The van der Waals surface area contributed by atoms with E-state index in [1.54, 1.807) is 0 Å². The van der Waals surface area contributed by atoms with E-state index < -0.39 is 18.1 Å². The van der Waals surface area contributed by atoms with Crippen molar-refractivity contribution >= 4 is 11.8 Å². The number of primary amides is 1. The number of rotatable bonds is 5. The molecule has 2 amide bonds. The van der Waals surface area contributed by atoms with Gasteiger partial charge in [0.15, 0.2) is 0 Å². The highest BCUT2D eigenvalue weighted by atomic mass is 16.5. The number of nitrogens with one attached hydrogen (secondary N) is 1. The molecule has 0 unspecified atom stereocenters. The minimum Gasteiger partial charge on any atom is -0.368 e. The Morgan fingerprint density at radius 3 is 2.43 bits per heavy atom. The summed E-state index contributed by atoms with van der Waals surface area (Å²) >= 11 is 0. The Morgan fingerprint density at radius 2 is 1.96 bits per heavy atom. The van der Waals surface area contributed by atoms with E-state index in [4.69, 9.17) is 10.5 Å². The lowest BCUT2D eigenvalue weighted by Gasteiger charge is -2.21. The molecule has 2 atom stereocenters. The van der Waals surface area contributed by atoms with Crippen LogP contribution in [0.1, 0.15) is 44.7 Å². The first-order chi connectivity index (χ1) is 10.8. The van der Waals surface area contributed by atoms with Gasteiger partial charge in [-0.2, -0.15) is 0 Å². The van der Waals surface area contributed by atoms with Gasteiger partial charge in [-0.05, 0) is 29.4 Å². The third-order valence-electron chi connectivity index (χ3n) is 4.14. The van der Waals surface area contributed by atoms with Crippen LogP contribution in [0.4, 0.5) is 0 Å². The van der Waals surface area contributed by atoms with Crippen molar-refractivity contribution in [1.82, 2.24) is 5.32 Å². The normalized spacial score (nSPS) is 19.3. The molecule has 0 saturated carbocycles. The highest BCUT2D eigenvalue weighted by molar-refractivity contribution is 5.88. The van der Waals surface area contributed by atoms with Crippen molar-refractivity contribution in [1.29, 1.82) is 0 Å². The molecule has 126 valence electrons. The number of carbonyl (C=O) groups is 2. The topological polar surface area (TPSA) is 81.4 Å². The van der Waals surface area contributed by atoms with Gasteiger partial charge in [0.2, 0.25) is 11.8 Å². The largest absolute Gasteiger partial charge is 0.368 e.